The molecule has 0 amide bonds. The standard InChI is InChI=1S/C14H27BrN2O2/c1-4-16-5-6-18-13(9-16)10-17-8-12(7-15)19-14(2,3)11-17/h12-13H,4-11H2,1-3H3. The fourth-order valence-electron chi connectivity index (χ4n) is 3.10. The van der Waals surface area contributed by atoms with Gasteiger partial charge in [-0.2, -0.15) is 0 Å². The summed E-state index contributed by atoms with van der Waals surface area (Å²) in [6, 6.07) is 0. The number of halogens is 1. The normalized spacial score (nSPS) is 33.5. The van der Waals surface area contributed by atoms with Crippen molar-refractivity contribution in [2.24, 2.45) is 0 Å². The lowest BCUT2D eigenvalue weighted by Gasteiger charge is -2.44. The molecule has 2 unspecified atom stereocenters. The summed E-state index contributed by atoms with van der Waals surface area (Å²) >= 11 is 3.54. The van der Waals surface area contributed by atoms with Gasteiger partial charge in [0.25, 0.3) is 0 Å². The Kier molecular flexibility index (Phi) is 5.66. The number of hydrogen-bond acceptors (Lipinski definition) is 4. The Morgan fingerprint density at radius 2 is 1.95 bits per heavy atom. The van der Waals surface area contributed by atoms with Crippen LogP contribution in [0.1, 0.15) is 20.8 Å². The minimum Gasteiger partial charge on any atom is -0.374 e. The van der Waals surface area contributed by atoms with E-state index in [9.17, 15) is 0 Å². The molecule has 2 heterocycles. The first-order valence-corrected chi connectivity index (χ1v) is 8.44. The van der Waals surface area contributed by atoms with Crippen molar-refractivity contribution in [2.75, 3.05) is 51.2 Å². The zero-order chi connectivity index (χ0) is 13.9. The molecule has 2 aliphatic heterocycles. The van der Waals surface area contributed by atoms with Crippen molar-refractivity contribution in [3.8, 4) is 0 Å². The van der Waals surface area contributed by atoms with Crippen LogP contribution in [0.3, 0.4) is 0 Å². The summed E-state index contributed by atoms with van der Waals surface area (Å²) in [5.74, 6) is 0. The van der Waals surface area contributed by atoms with E-state index in [2.05, 4.69) is 46.5 Å². The largest absolute Gasteiger partial charge is 0.374 e. The predicted octanol–water partition coefficient (Wildman–Crippen LogP) is 1.58. The van der Waals surface area contributed by atoms with Crippen LogP contribution in [-0.2, 0) is 9.47 Å². The molecule has 0 spiro atoms. The van der Waals surface area contributed by atoms with Crippen molar-refractivity contribution in [3.05, 3.63) is 0 Å². The highest BCUT2D eigenvalue weighted by Crippen LogP contribution is 2.22. The molecule has 0 aromatic rings. The van der Waals surface area contributed by atoms with E-state index in [-0.39, 0.29) is 11.7 Å². The second-order valence-electron chi connectivity index (χ2n) is 6.23. The number of alkyl halides is 1. The SMILES string of the molecule is CCN1CCOC(CN2CC(CBr)OC(C)(C)C2)C1. The highest BCUT2D eigenvalue weighted by molar-refractivity contribution is 9.09. The van der Waals surface area contributed by atoms with E-state index in [1.54, 1.807) is 0 Å². The molecule has 5 heteroatoms. The predicted molar refractivity (Wildman–Crippen MR) is 81.0 cm³/mol. The zero-order valence-corrected chi connectivity index (χ0v) is 14.0. The van der Waals surface area contributed by atoms with Gasteiger partial charge < -0.3 is 9.47 Å². The molecule has 0 radical (unpaired) electrons. The van der Waals surface area contributed by atoms with E-state index < -0.39 is 0 Å². The fourth-order valence-corrected chi connectivity index (χ4v) is 3.44. The Hall–Kier alpha value is 0.320. The summed E-state index contributed by atoms with van der Waals surface area (Å²) in [6.45, 7) is 13.7. The van der Waals surface area contributed by atoms with Crippen LogP contribution in [0.4, 0.5) is 0 Å². The van der Waals surface area contributed by atoms with Crippen LogP contribution in [-0.4, -0.2) is 78.8 Å². The van der Waals surface area contributed by atoms with E-state index in [4.69, 9.17) is 9.47 Å². The van der Waals surface area contributed by atoms with Crippen molar-refractivity contribution in [1.29, 1.82) is 0 Å². The smallest absolute Gasteiger partial charge is 0.0829 e. The number of morpholine rings is 2. The molecule has 0 aliphatic carbocycles. The molecular weight excluding hydrogens is 308 g/mol. The molecular formula is C14H27BrN2O2. The lowest BCUT2D eigenvalue weighted by molar-refractivity contribution is -0.138. The third-order valence-corrected chi connectivity index (χ3v) is 4.58. The number of rotatable bonds is 4. The fraction of sp³-hybridized carbons (Fsp3) is 1.00. The van der Waals surface area contributed by atoms with Gasteiger partial charge in [-0.25, -0.2) is 0 Å². The van der Waals surface area contributed by atoms with Gasteiger partial charge in [0, 0.05) is 38.1 Å². The Labute approximate surface area is 125 Å². The maximum absolute atomic E-state index is 6.04. The zero-order valence-electron chi connectivity index (χ0n) is 12.4. The van der Waals surface area contributed by atoms with Crippen LogP contribution in [0.15, 0.2) is 0 Å². The number of nitrogens with zero attached hydrogens (tertiary/aromatic N) is 2. The quantitative estimate of drug-likeness (QED) is 0.729. The van der Waals surface area contributed by atoms with Crippen molar-refractivity contribution in [1.82, 2.24) is 9.80 Å². The van der Waals surface area contributed by atoms with Crippen molar-refractivity contribution >= 4 is 15.9 Å². The minimum absolute atomic E-state index is 0.0597. The van der Waals surface area contributed by atoms with Crippen LogP contribution in [0, 0.1) is 0 Å². The number of hydrogen-bond donors (Lipinski definition) is 0. The molecule has 2 atom stereocenters. The number of ether oxygens (including phenoxy) is 2. The van der Waals surface area contributed by atoms with E-state index in [0.717, 1.165) is 51.2 Å². The van der Waals surface area contributed by atoms with Crippen LogP contribution in [0.25, 0.3) is 0 Å². The summed E-state index contributed by atoms with van der Waals surface area (Å²) in [7, 11) is 0. The van der Waals surface area contributed by atoms with Crippen molar-refractivity contribution < 1.29 is 9.47 Å². The van der Waals surface area contributed by atoms with E-state index in [1.807, 2.05) is 0 Å². The summed E-state index contributed by atoms with van der Waals surface area (Å²) in [4.78, 5) is 4.97. The second-order valence-corrected chi connectivity index (χ2v) is 6.88. The average molecular weight is 335 g/mol. The summed E-state index contributed by atoms with van der Waals surface area (Å²) in [6.07, 6.45) is 0.633. The third kappa shape index (κ3) is 4.67. The minimum atomic E-state index is -0.0597. The first kappa shape index (κ1) is 15.7. The molecule has 0 aromatic carbocycles. The topological polar surface area (TPSA) is 24.9 Å². The van der Waals surface area contributed by atoms with Crippen LogP contribution in [0.2, 0.25) is 0 Å². The third-order valence-electron chi connectivity index (χ3n) is 3.86. The molecule has 0 N–H and O–H groups in total. The van der Waals surface area contributed by atoms with Gasteiger partial charge in [-0.15, -0.1) is 0 Å². The molecule has 2 aliphatic rings. The molecule has 2 fully saturated rings. The van der Waals surface area contributed by atoms with Crippen LogP contribution in [0.5, 0.6) is 0 Å². The highest BCUT2D eigenvalue weighted by atomic mass is 79.9. The molecule has 4 nitrogen and oxygen atoms in total. The lowest BCUT2D eigenvalue weighted by Crippen LogP contribution is -2.56. The van der Waals surface area contributed by atoms with E-state index >= 15 is 0 Å². The molecule has 112 valence electrons. The van der Waals surface area contributed by atoms with E-state index in [1.165, 1.54) is 0 Å². The van der Waals surface area contributed by atoms with Gasteiger partial charge in [-0.05, 0) is 20.4 Å². The van der Waals surface area contributed by atoms with E-state index in [0.29, 0.717) is 6.10 Å². The molecule has 2 saturated heterocycles. The average Bonchev–Trinajstić information content (AvgIpc) is 2.37. The Morgan fingerprint density at radius 1 is 1.21 bits per heavy atom. The van der Waals surface area contributed by atoms with Gasteiger partial charge in [-0.3, -0.25) is 9.80 Å². The van der Waals surface area contributed by atoms with Gasteiger partial charge in [-0.1, -0.05) is 22.9 Å². The van der Waals surface area contributed by atoms with Gasteiger partial charge in [0.2, 0.25) is 0 Å². The Morgan fingerprint density at radius 3 is 2.63 bits per heavy atom. The molecule has 19 heavy (non-hydrogen) atoms. The van der Waals surface area contributed by atoms with Crippen LogP contribution < -0.4 is 0 Å². The first-order chi connectivity index (χ1) is 9.02. The van der Waals surface area contributed by atoms with Gasteiger partial charge >= 0.3 is 0 Å². The second kappa shape index (κ2) is 6.85. The van der Waals surface area contributed by atoms with Gasteiger partial charge in [0.1, 0.15) is 0 Å². The maximum atomic E-state index is 6.04. The number of likely N-dealkylation sites (N-methyl/N-ethyl adjacent to an activating group) is 1. The maximum Gasteiger partial charge on any atom is 0.0829 e. The van der Waals surface area contributed by atoms with Gasteiger partial charge in [0.05, 0.1) is 24.4 Å². The van der Waals surface area contributed by atoms with Crippen LogP contribution >= 0.6 is 15.9 Å². The summed E-state index contributed by atoms with van der Waals surface area (Å²) < 4.78 is 12.0. The van der Waals surface area contributed by atoms with Crippen molar-refractivity contribution in [2.45, 2.75) is 38.6 Å². The molecule has 0 aromatic heterocycles. The van der Waals surface area contributed by atoms with Gasteiger partial charge in [0.15, 0.2) is 0 Å². The monoisotopic (exact) mass is 334 g/mol. The Balaban J connectivity index is 1.87. The van der Waals surface area contributed by atoms with Crippen molar-refractivity contribution in [3.63, 3.8) is 0 Å². The highest BCUT2D eigenvalue weighted by Gasteiger charge is 2.34. The molecule has 2 rings (SSSR count). The summed E-state index contributed by atoms with van der Waals surface area (Å²) in [5.41, 5.74) is -0.0597. The molecule has 0 bridgehead atoms. The Bertz CT molecular complexity index is 289. The lowest BCUT2D eigenvalue weighted by atomic mass is 10.0. The first-order valence-electron chi connectivity index (χ1n) is 7.32. The molecule has 0 saturated carbocycles. The summed E-state index contributed by atoms with van der Waals surface area (Å²) in [5, 5.41) is 0.902.